The van der Waals surface area contributed by atoms with Crippen molar-refractivity contribution in [3.63, 3.8) is 0 Å². The van der Waals surface area contributed by atoms with Crippen LogP contribution < -0.4 is 0 Å². The molecule has 128 valence electrons. The normalized spacial score (nSPS) is 15.4. The van der Waals surface area contributed by atoms with Crippen molar-refractivity contribution in [1.82, 2.24) is 0 Å². The van der Waals surface area contributed by atoms with Crippen LogP contribution in [0.1, 0.15) is 37.5 Å². The van der Waals surface area contributed by atoms with Crippen molar-refractivity contribution < 1.29 is 9.62 Å². The molecule has 0 radical (unpaired) electrons. The summed E-state index contributed by atoms with van der Waals surface area (Å²) < 4.78 is 6.14. The Bertz CT molecular complexity index is 1230. The smallest absolute Gasteiger partial charge is 0.135 e. The Morgan fingerprint density at radius 1 is 0.885 bits per heavy atom. The molecule has 0 atom stereocenters. The summed E-state index contributed by atoms with van der Waals surface area (Å²) in [5.74, 6) is 0. The van der Waals surface area contributed by atoms with Gasteiger partial charge in [-0.2, -0.15) is 0 Å². The third-order valence-electron chi connectivity index (χ3n) is 5.74. The zero-order valence-electron chi connectivity index (χ0n) is 15.0. The number of fused-ring (bicyclic) bond motifs is 6. The highest BCUT2D eigenvalue weighted by atomic mass is 16.4. The molecule has 0 aliphatic heterocycles. The lowest BCUT2D eigenvalue weighted by molar-refractivity contribution is 0.319. The molecule has 0 unspecified atom stereocenters. The van der Waals surface area contributed by atoms with Gasteiger partial charge in [0.25, 0.3) is 0 Å². The van der Waals surface area contributed by atoms with Crippen LogP contribution in [0.4, 0.5) is 0 Å². The van der Waals surface area contributed by atoms with E-state index in [1.54, 1.807) is 6.92 Å². The second kappa shape index (κ2) is 4.98. The van der Waals surface area contributed by atoms with Crippen LogP contribution in [0.3, 0.4) is 0 Å². The maximum atomic E-state index is 9.08. The van der Waals surface area contributed by atoms with Gasteiger partial charge in [-0.05, 0) is 65.1 Å². The molecule has 4 aromatic rings. The van der Waals surface area contributed by atoms with Crippen LogP contribution in [0.5, 0.6) is 0 Å². The van der Waals surface area contributed by atoms with Crippen LogP contribution in [0, 0.1) is 0 Å². The van der Waals surface area contributed by atoms with Crippen LogP contribution >= 0.6 is 0 Å². The molecule has 0 bridgehead atoms. The van der Waals surface area contributed by atoms with Gasteiger partial charge in [-0.15, -0.1) is 0 Å². The Morgan fingerprint density at radius 3 is 2.46 bits per heavy atom. The second-order valence-corrected chi connectivity index (χ2v) is 7.56. The van der Waals surface area contributed by atoms with E-state index in [9.17, 15) is 0 Å². The molecule has 1 aliphatic carbocycles. The molecule has 0 saturated carbocycles. The molecule has 1 N–H and O–H groups in total. The highest BCUT2D eigenvalue weighted by molar-refractivity contribution is 6.10. The molecular weight excluding hydrogens is 322 g/mol. The summed E-state index contributed by atoms with van der Waals surface area (Å²) in [7, 11) is 0. The molecule has 1 aliphatic rings. The van der Waals surface area contributed by atoms with Gasteiger partial charge in [0.05, 0.1) is 5.71 Å². The number of nitrogens with zero attached hydrogens (tertiary/aromatic N) is 1. The first-order valence-corrected chi connectivity index (χ1v) is 8.80. The molecular formula is C23H19NO2. The first-order valence-electron chi connectivity index (χ1n) is 8.80. The van der Waals surface area contributed by atoms with Crippen LogP contribution in [-0.4, -0.2) is 10.9 Å². The van der Waals surface area contributed by atoms with Gasteiger partial charge in [-0.1, -0.05) is 43.3 Å². The summed E-state index contributed by atoms with van der Waals surface area (Å²) >= 11 is 0. The highest BCUT2D eigenvalue weighted by Gasteiger charge is 2.35. The molecule has 0 spiro atoms. The SMILES string of the molecule is C/C(=N/O)c1ccc2oc3cc4c(cc3c2c1)-c1ccccc1C4(C)C. The molecule has 0 saturated heterocycles. The van der Waals surface area contributed by atoms with Crippen molar-refractivity contribution in [1.29, 1.82) is 0 Å². The summed E-state index contributed by atoms with van der Waals surface area (Å²) in [4.78, 5) is 0. The molecule has 3 heteroatoms. The van der Waals surface area contributed by atoms with Gasteiger partial charge < -0.3 is 9.62 Å². The average Bonchev–Trinajstić information content (AvgIpc) is 3.12. The number of furan rings is 1. The van der Waals surface area contributed by atoms with Crippen molar-refractivity contribution >= 4 is 27.7 Å². The molecule has 1 aromatic heterocycles. The van der Waals surface area contributed by atoms with Gasteiger partial charge in [-0.3, -0.25) is 0 Å². The van der Waals surface area contributed by atoms with Crippen molar-refractivity contribution in [2.45, 2.75) is 26.2 Å². The predicted molar refractivity (Wildman–Crippen MR) is 105 cm³/mol. The topological polar surface area (TPSA) is 45.7 Å². The lowest BCUT2D eigenvalue weighted by Crippen LogP contribution is -2.14. The van der Waals surface area contributed by atoms with E-state index < -0.39 is 0 Å². The van der Waals surface area contributed by atoms with Crippen molar-refractivity contribution in [3.8, 4) is 11.1 Å². The first-order chi connectivity index (χ1) is 12.5. The van der Waals surface area contributed by atoms with Gasteiger partial charge in [0.15, 0.2) is 0 Å². The summed E-state index contributed by atoms with van der Waals surface area (Å²) in [6, 6.07) is 19.0. The zero-order chi connectivity index (χ0) is 18.1. The lowest BCUT2D eigenvalue weighted by atomic mass is 9.82. The van der Waals surface area contributed by atoms with E-state index in [1.807, 2.05) is 18.2 Å². The third kappa shape index (κ3) is 1.86. The Balaban J connectivity index is 1.86. The van der Waals surface area contributed by atoms with E-state index in [0.29, 0.717) is 5.71 Å². The minimum Gasteiger partial charge on any atom is -0.456 e. The second-order valence-electron chi connectivity index (χ2n) is 7.56. The van der Waals surface area contributed by atoms with Crippen LogP contribution in [0.15, 0.2) is 64.2 Å². The standard InChI is InChI=1S/C23H19NO2/c1-13(24-25)14-8-9-21-17(10-14)18-11-16-15-6-4-5-7-19(15)23(2,3)20(16)12-22(18)26-21/h4-12,25H,1-3H3/b24-13-. The van der Waals surface area contributed by atoms with Crippen LogP contribution in [0.2, 0.25) is 0 Å². The van der Waals surface area contributed by atoms with E-state index >= 15 is 0 Å². The van der Waals surface area contributed by atoms with Gasteiger partial charge in [0.1, 0.15) is 11.2 Å². The highest BCUT2D eigenvalue weighted by Crippen LogP contribution is 2.50. The number of hydrogen-bond donors (Lipinski definition) is 1. The molecule has 1 heterocycles. The zero-order valence-corrected chi connectivity index (χ0v) is 15.0. The number of rotatable bonds is 1. The Kier molecular flexibility index (Phi) is 2.91. The molecule has 3 aromatic carbocycles. The fraction of sp³-hybridized carbons (Fsp3) is 0.174. The Morgan fingerprint density at radius 2 is 1.65 bits per heavy atom. The molecule has 26 heavy (non-hydrogen) atoms. The van der Waals surface area contributed by atoms with Crippen molar-refractivity contribution in [2.24, 2.45) is 5.16 Å². The van der Waals surface area contributed by atoms with E-state index in [0.717, 1.165) is 27.5 Å². The van der Waals surface area contributed by atoms with E-state index in [-0.39, 0.29) is 5.41 Å². The lowest BCUT2D eigenvalue weighted by Gasteiger charge is -2.21. The minimum atomic E-state index is -0.0373. The Hall–Kier alpha value is -3.07. The fourth-order valence-corrected chi connectivity index (χ4v) is 4.25. The first kappa shape index (κ1) is 15.2. The maximum Gasteiger partial charge on any atom is 0.135 e. The molecule has 3 nitrogen and oxygen atoms in total. The maximum absolute atomic E-state index is 9.08. The van der Waals surface area contributed by atoms with E-state index in [1.165, 1.54) is 22.3 Å². The minimum absolute atomic E-state index is 0.0373. The Labute approximate surface area is 151 Å². The van der Waals surface area contributed by atoms with E-state index in [4.69, 9.17) is 9.62 Å². The van der Waals surface area contributed by atoms with Gasteiger partial charge in [0, 0.05) is 16.2 Å². The number of oxime groups is 1. The molecule has 0 amide bonds. The molecule has 5 rings (SSSR count). The van der Waals surface area contributed by atoms with Crippen molar-refractivity contribution in [2.75, 3.05) is 0 Å². The summed E-state index contributed by atoms with van der Waals surface area (Å²) in [6.07, 6.45) is 0. The fourth-order valence-electron chi connectivity index (χ4n) is 4.25. The number of hydrogen-bond acceptors (Lipinski definition) is 3. The number of benzene rings is 3. The quantitative estimate of drug-likeness (QED) is 0.259. The summed E-state index contributed by atoms with van der Waals surface area (Å²) in [5, 5.41) is 14.5. The average molecular weight is 341 g/mol. The van der Waals surface area contributed by atoms with E-state index in [2.05, 4.69) is 55.4 Å². The monoisotopic (exact) mass is 341 g/mol. The van der Waals surface area contributed by atoms with Gasteiger partial charge in [-0.25, -0.2) is 0 Å². The van der Waals surface area contributed by atoms with Crippen molar-refractivity contribution in [3.05, 3.63) is 71.3 Å². The molecule has 0 fully saturated rings. The van der Waals surface area contributed by atoms with Crippen LogP contribution in [0.25, 0.3) is 33.1 Å². The van der Waals surface area contributed by atoms with Crippen LogP contribution in [-0.2, 0) is 5.41 Å². The van der Waals surface area contributed by atoms with Gasteiger partial charge in [0.2, 0.25) is 0 Å². The summed E-state index contributed by atoms with van der Waals surface area (Å²) in [6.45, 7) is 6.33. The largest absolute Gasteiger partial charge is 0.456 e. The summed E-state index contributed by atoms with van der Waals surface area (Å²) in [5.41, 5.74) is 8.43. The predicted octanol–water partition coefficient (Wildman–Crippen LogP) is 6.09. The van der Waals surface area contributed by atoms with Gasteiger partial charge >= 0.3 is 0 Å². The third-order valence-corrected chi connectivity index (χ3v) is 5.74.